The summed E-state index contributed by atoms with van der Waals surface area (Å²) in [4.78, 5) is 33.2. The molecule has 4 rings (SSSR count). The fourth-order valence-electron chi connectivity index (χ4n) is 5.98. The lowest BCUT2D eigenvalue weighted by Crippen LogP contribution is -2.51. The summed E-state index contributed by atoms with van der Waals surface area (Å²) < 4.78 is 62.7. The number of rotatable bonds is 9. The van der Waals surface area contributed by atoms with Gasteiger partial charge >= 0.3 is 0 Å². The SMILES string of the molecule is CC(C)[Si](Oc1c2c(c(NS(C)(=O)=O)c3cccnc13)C(=O)N(Cc1cc(Cl)c(F)cc1F)C2=O)(C(C)C)C(C)C. The van der Waals surface area contributed by atoms with Gasteiger partial charge in [0.1, 0.15) is 22.9 Å². The predicted molar refractivity (Wildman–Crippen MR) is 157 cm³/mol. The lowest BCUT2D eigenvalue weighted by Gasteiger charge is -2.42. The normalized spacial score (nSPS) is 14.1. The third-order valence-corrected chi connectivity index (χ3v) is 14.5. The highest BCUT2D eigenvalue weighted by molar-refractivity contribution is 7.92. The summed E-state index contributed by atoms with van der Waals surface area (Å²) in [5.74, 6) is -3.57. The Bertz CT molecular complexity index is 1660. The van der Waals surface area contributed by atoms with Crippen LogP contribution in [0.1, 0.15) is 67.8 Å². The third kappa shape index (κ3) is 5.32. The van der Waals surface area contributed by atoms with Crippen molar-refractivity contribution in [3.63, 3.8) is 0 Å². The summed E-state index contributed by atoms with van der Waals surface area (Å²) in [6, 6.07) is 4.76. The van der Waals surface area contributed by atoms with Crippen molar-refractivity contribution in [1.29, 1.82) is 0 Å². The molecule has 2 amide bonds. The fourth-order valence-corrected chi connectivity index (χ4v) is 12.0. The van der Waals surface area contributed by atoms with Gasteiger partial charge in [-0.05, 0) is 34.8 Å². The number of sulfonamides is 1. The summed E-state index contributed by atoms with van der Waals surface area (Å²) in [6.07, 6.45) is 2.42. The Morgan fingerprint density at radius 2 is 1.59 bits per heavy atom. The van der Waals surface area contributed by atoms with E-state index in [-0.39, 0.29) is 60.7 Å². The summed E-state index contributed by atoms with van der Waals surface area (Å²) in [6.45, 7) is 11.8. The minimum Gasteiger partial charge on any atom is -0.541 e. The largest absolute Gasteiger partial charge is 0.541 e. The molecule has 0 aliphatic carbocycles. The number of hydrogen-bond acceptors (Lipinski definition) is 6. The molecule has 220 valence electrons. The number of nitrogens with one attached hydrogen (secondary N) is 1. The van der Waals surface area contributed by atoms with Gasteiger partial charge in [-0.3, -0.25) is 24.2 Å². The maximum atomic E-state index is 14.7. The number of nitrogens with zero attached hydrogens (tertiary/aromatic N) is 2. The van der Waals surface area contributed by atoms with E-state index in [0.29, 0.717) is 6.07 Å². The number of pyridine rings is 1. The number of carbonyl (C=O) groups is 2. The highest BCUT2D eigenvalue weighted by Crippen LogP contribution is 2.49. The van der Waals surface area contributed by atoms with Gasteiger partial charge in [-0.25, -0.2) is 17.2 Å². The molecular weight excluding hydrogens is 592 g/mol. The van der Waals surface area contributed by atoms with E-state index in [0.717, 1.165) is 17.2 Å². The second-order valence-electron chi connectivity index (χ2n) is 11.2. The minimum atomic E-state index is -3.92. The minimum absolute atomic E-state index is 0.0875. The van der Waals surface area contributed by atoms with Crippen LogP contribution in [0.2, 0.25) is 21.6 Å². The first-order valence-electron chi connectivity index (χ1n) is 13.1. The maximum Gasteiger partial charge on any atom is 0.265 e. The van der Waals surface area contributed by atoms with E-state index in [4.69, 9.17) is 16.0 Å². The van der Waals surface area contributed by atoms with Crippen LogP contribution >= 0.6 is 11.6 Å². The molecule has 1 N–H and O–H groups in total. The standard InChI is InChI=1S/C28H32ClF2N3O5SSi/c1-14(2)41(15(3)4,16(5)6)39-26-23-22(24(33-40(7,37)38)18-9-8-10-32-25(18)26)27(35)34(28(23)36)13-17-11-19(29)21(31)12-20(17)30/h8-12,14-16,33H,13H2,1-7H3. The topological polar surface area (TPSA) is 106 Å². The molecule has 41 heavy (non-hydrogen) atoms. The molecule has 0 spiro atoms. The Morgan fingerprint density at radius 3 is 2.15 bits per heavy atom. The van der Waals surface area contributed by atoms with Gasteiger partial charge in [0.2, 0.25) is 10.0 Å². The van der Waals surface area contributed by atoms with Crippen LogP contribution in [-0.4, -0.2) is 44.7 Å². The number of aromatic nitrogens is 1. The molecule has 3 aromatic rings. The molecule has 2 heterocycles. The predicted octanol–water partition coefficient (Wildman–Crippen LogP) is 6.89. The molecule has 0 atom stereocenters. The Morgan fingerprint density at radius 1 is 1.00 bits per heavy atom. The summed E-state index contributed by atoms with van der Waals surface area (Å²) in [5, 5.41) is -0.108. The molecule has 1 aromatic heterocycles. The molecule has 0 radical (unpaired) electrons. The van der Waals surface area contributed by atoms with Crippen molar-refractivity contribution in [2.45, 2.75) is 64.7 Å². The number of benzene rings is 2. The Labute approximate surface area is 244 Å². The van der Waals surface area contributed by atoms with Gasteiger partial charge in [-0.1, -0.05) is 53.1 Å². The Kier molecular flexibility index (Phi) is 8.24. The zero-order valence-corrected chi connectivity index (χ0v) is 26.4. The van der Waals surface area contributed by atoms with Crippen LogP contribution in [0.4, 0.5) is 14.5 Å². The molecule has 2 aromatic carbocycles. The monoisotopic (exact) mass is 623 g/mol. The first kappa shape index (κ1) is 30.9. The molecule has 0 fully saturated rings. The molecular formula is C28H32ClF2N3O5SSi. The quantitative estimate of drug-likeness (QED) is 0.158. The average Bonchev–Trinajstić information content (AvgIpc) is 3.10. The molecule has 1 aliphatic heterocycles. The lowest BCUT2D eigenvalue weighted by atomic mass is 10.0. The zero-order valence-electron chi connectivity index (χ0n) is 23.8. The molecule has 0 saturated carbocycles. The van der Waals surface area contributed by atoms with Gasteiger partial charge in [-0.2, -0.15) is 0 Å². The molecule has 13 heteroatoms. The van der Waals surface area contributed by atoms with Gasteiger partial charge in [-0.15, -0.1) is 0 Å². The summed E-state index contributed by atoms with van der Waals surface area (Å²) in [5.41, 5.74) is -0.205. The number of carbonyl (C=O) groups excluding carboxylic acids is 2. The van der Waals surface area contributed by atoms with Crippen LogP contribution in [0.3, 0.4) is 0 Å². The second kappa shape index (κ2) is 11.0. The van der Waals surface area contributed by atoms with Crippen molar-refractivity contribution in [3.8, 4) is 5.75 Å². The maximum absolute atomic E-state index is 14.7. The lowest BCUT2D eigenvalue weighted by molar-refractivity contribution is 0.0641. The van der Waals surface area contributed by atoms with E-state index in [9.17, 15) is 26.8 Å². The van der Waals surface area contributed by atoms with Crippen molar-refractivity contribution in [3.05, 3.63) is 63.8 Å². The zero-order chi connectivity index (χ0) is 30.6. The smallest absolute Gasteiger partial charge is 0.265 e. The number of imide groups is 1. The number of amides is 2. The average molecular weight is 624 g/mol. The van der Waals surface area contributed by atoms with Crippen molar-refractivity contribution in [1.82, 2.24) is 9.88 Å². The van der Waals surface area contributed by atoms with E-state index in [1.54, 1.807) is 12.1 Å². The van der Waals surface area contributed by atoms with Crippen LogP contribution in [0, 0.1) is 11.6 Å². The number of anilines is 1. The number of halogens is 3. The fraction of sp³-hybridized carbons (Fsp3) is 0.393. The van der Waals surface area contributed by atoms with E-state index in [1.165, 1.54) is 6.20 Å². The van der Waals surface area contributed by atoms with Crippen LogP contribution in [-0.2, 0) is 16.6 Å². The van der Waals surface area contributed by atoms with Crippen LogP contribution in [0.5, 0.6) is 5.75 Å². The van der Waals surface area contributed by atoms with E-state index < -0.39 is 48.3 Å². The molecule has 1 aliphatic rings. The summed E-state index contributed by atoms with van der Waals surface area (Å²) >= 11 is 5.86. The van der Waals surface area contributed by atoms with Crippen LogP contribution < -0.4 is 9.15 Å². The van der Waals surface area contributed by atoms with Crippen molar-refractivity contribution in [2.24, 2.45) is 0 Å². The van der Waals surface area contributed by atoms with E-state index in [1.807, 2.05) is 0 Å². The third-order valence-electron chi connectivity index (χ3n) is 7.63. The molecule has 0 bridgehead atoms. The van der Waals surface area contributed by atoms with Gasteiger partial charge in [0.15, 0.2) is 0 Å². The molecule has 8 nitrogen and oxygen atoms in total. The second-order valence-corrected chi connectivity index (χ2v) is 18.7. The first-order chi connectivity index (χ1) is 19.0. The van der Waals surface area contributed by atoms with E-state index >= 15 is 0 Å². The Hall–Kier alpha value is -3.09. The van der Waals surface area contributed by atoms with Crippen LogP contribution in [0.15, 0.2) is 30.5 Å². The van der Waals surface area contributed by atoms with Crippen molar-refractivity contribution >= 4 is 58.3 Å². The number of fused-ring (bicyclic) bond motifs is 2. The van der Waals surface area contributed by atoms with Gasteiger partial charge in [0.25, 0.3) is 20.1 Å². The van der Waals surface area contributed by atoms with Crippen molar-refractivity contribution < 1.29 is 31.2 Å². The van der Waals surface area contributed by atoms with E-state index in [2.05, 4.69) is 51.2 Å². The summed E-state index contributed by atoms with van der Waals surface area (Å²) in [7, 11) is -6.67. The Balaban J connectivity index is 2.05. The molecule has 0 unspecified atom stereocenters. The van der Waals surface area contributed by atoms with Gasteiger partial charge < -0.3 is 4.43 Å². The number of hydrogen-bond donors (Lipinski definition) is 1. The molecule has 0 saturated heterocycles. The van der Waals surface area contributed by atoms with Gasteiger partial charge in [0, 0.05) is 23.2 Å². The van der Waals surface area contributed by atoms with Crippen LogP contribution in [0.25, 0.3) is 10.9 Å². The van der Waals surface area contributed by atoms with Gasteiger partial charge in [0.05, 0.1) is 34.6 Å². The van der Waals surface area contributed by atoms with Crippen molar-refractivity contribution in [2.75, 3.05) is 11.0 Å². The first-order valence-corrected chi connectivity index (χ1v) is 17.5. The highest BCUT2D eigenvalue weighted by atomic mass is 35.5. The highest BCUT2D eigenvalue weighted by Gasteiger charge is 2.50.